The summed E-state index contributed by atoms with van der Waals surface area (Å²) < 4.78 is 11.3. The van der Waals surface area contributed by atoms with Crippen molar-refractivity contribution in [3.8, 4) is 23.4 Å². The SMILES string of the molecule is Cc1ccc(Oc2cc(Cl)nc(Oc3ccc(C)cc3)n2)cc1. The Bertz CT molecular complexity index is 737. The molecule has 0 spiro atoms. The molecule has 2 aromatic carbocycles. The summed E-state index contributed by atoms with van der Waals surface area (Å²) in [6.45, 7) is 4.02. The monoisotopic (exact) mass is 326 g/mol. The Morgan fingerprint density at radius 2 is 1.26 bits per heavy atom. The summed E-state index contributed by atoms with van der Waals surface area (Å²) in [6.07, 6.45) is 0. The summed E-state index contributed by atoms with van der Waals surface area (Å²) in [6, 6.07) is 16.9. The van der Waals surface area contributed by atoms with Gasteiger partial charge in [-0.3, -0.25) is 0 Å². The zero-order chi connectivity index (χ0) is 16.2. The van der Waals surface area contributed by atoms with Gasteiger partial charge in [0.15, 0.2) is 0 Å². The molecule has 3 aromatic rings. The number of benzene rings is 2. The van der Waals surface area contributed by atoms with Gasteiger partial charge in [0.1, 0.15) is 16.7 Å². The van der Waals surface area contributed by atoms with Crippen molar-refractivity contribution in [3.05, 3.63) is 70.9 Å². The fourth-order valence-electron chi connectivity index (χ4n) is 1.91. The summed E-state index contributed by atoms with van der Waals surface area (Å²) in [7, 11) is 0. The van der Waals surface area contributed by atoms with Crippen molar-refractivity contribution in [2.24, 2.45) is 0 Å². The molecule has 0 fully saturated rings. The third kappa shape index (κ3) is 4.20. The van der Waals surface area contributed by atoms with Crippen LogP contribution >= 0.6 is 11.6 Å². The molecule has 3 rings (SSSR count). The van der Waals surface area contributed by atoms with E-state index in [0.29, 0.717) is 17.4 Å². The summed E-state index contributed by atoms with van der Waals surface area (Å²) in [5.41, 5.74) is 2.30. The standard InChI is InChI=1S/C18H15ClN2O2/c1-12-3-7-14(8-4-12)22-17-11-16(19)20-18(21-17)23-15-9-5-13(2)6-10-15/h3-11H,1-2H3. The Balaban J connectivity index is 1.81. The smallest absolute Gasteiger partial charge is 0.326 e. The topological polar surface area (TPSA) is 44.2 Å². The van der Waals surface area contributed by atoms with Gasteiger partial charge in [0.05, 0.1) is 0 Å². The van der Waals surface area contributed by atoms with Crippen LogP contribution in [0.15, 0.2) is 54.6 Å². The van der Waals surface area contributed by atoms with E-state index < -0.39 is 0 Å². The summed E-state index contributed by atoms with van der Waals surface area (Å²) >= 11 is 6.02. The molecule has 0 atom stereocenters. The highest BCUT2D eigenvalue weighted by Gasteiger charge is 2.08. The molecule has 23 heavy (non-hydrogen) atoms. The van der Waals surface area contributed by atoms with Crippen LogP contribution in [0.5, 0.6) is 23.4 Å². The van der Waals surface area contributed by atoms with Gasteiger partial charge in [0, 0.05) is 6.07 Å². The summed E-state index contributed by atoms with van der Waals surface area (Å²) in [5, 5.41) is 0.254. The second-order valence-corrected chi connectivity index (χ2v) is 5.53. The minimum absolute atomic E-state index is 0.142. The minimum atomic E-state index is 0.142. The van der Waals surface area contributed by atoms with E-state index in [0.717, 1.165) is 11.1 Å². The lowest BCUT2D eigenvalue weighted by Gasteiger charge is -2.08. The molecule has 0 N–H and O–H groups in total. The van der Waals surface area contributed by atoms with Crippen molar-refractivity contribution in [1.82, 2.24) is 9.97 Å². The van der Waals surface area contributed by atoms with Crippen molar-refractivity contribution in [1.29, 1.82) is 0 Å². The maximum absolute atomic E-state index is 6.02. The first-order valence-electron chi connectivity index (χ1n) is 7.12. The molecule has 0 radical (unpaired) electrons. The Morgan fingerprint density at radius 1 is 0.739 bits per heavy atom. The maximum atomic E-state index is 6.02. The minimum Gasteiger partial charge on any atom is -0.439 e. The molecule has 5 heteroatoms. The van der Waals surface area contributed by atoms with E-state index in [1.54, 1.807) is 6.07 Å². The van der Waals surface area contributed by atoms with Gasteiger partial charge in [-0.05, 0) is 38.1 Å². The van der Waals surface area contributed by atoms with Gasteiger partial charge >= 0.3 is 6.01 Å². The second-order valence-electron chi connectivity index (χ2n) is 5.14. The molecule has 1 heterocycles. The molecule has 0 bridgehead atoms. The lowest BCUT2D eigenvalue weighted by molar-refractivity contribution is 0.411. The van der Waals surface area contributed by atoms with Crippen LogP contribution in [-0.2, 0) is 0 Å². The molecule has 0 aliphatic rings. The van der Waals surface area contributed by atoms with Crippen LogP contribution in [-0.4, -0.2) is 9.97 Å². The number of halogens is 1. The van der Waals surface area contributed by atoms with Crippen molar-refractivity contribution in [3.63, 3.8) is 0 Å². The molecular weight excluding hydrogens is 312 g/mol. The van der Waals surface area contributed by atoms with E-state index in [1.165, 1.54) is 0 Å². The van der Waals surface area contributed by atoms with Crippen LogP contribution in [0.2, 0.25) is 5.15 Å². The lowest BCUT2D eigenvalue weighted by atomic mass is 10.2. The zero-order valence-electron chi connectivity index (χ0n) is 12.8. The van der Waals surface area contributed by atoms with Crippen LogP contribution < -0.4 is 9.47 Å². The number of aryl methyl sites for hydroxylation is 2. The zero-order valence-corrected chi connectivity index (χ0v) is 13.5. The molecule has 0 aliphatic carbocycles. The van der Waals surface area contributed by atoms with Crippen LogP contribution in [0, 0.1) is 13.8 Å². The third-order valence-electron chi connectivity index (χ3n) is 3.12. The molecule has 0 unspecified atom stereocenters. The van der Waals surface area contributed by atoms with Gasteiger partial charge in [-0.25, -0.2) is 0 Å². The van der Waals surface area contributed by atoms with Crippen LogP contribution in [0.25, 0.3) is 0 Å². The van der Waals surface area contributed by atoms with Crippen molar-refractivity contribution in [2.75, 3.05) is 0 Å². The van der Waals surface area contributed by atoms with Crippen LogP contribution in [0.3, 0.4) is 0 Å². The van der Waals surface area contributed by atoms with E-state index in [1.807, 2.05) is 62.4 Å². The molecule has 0 amide bonds. The van der Waals surface area contributed by atoms with Gasteiger partial charge in [-0.15, -0.1) is 0 Å². The van der Waals surface area contributed by atoms with Gasteiger partial charge < -0.3 is 9.47 Å². The first-order valence-corrected chi connectivity index (χ1v) is 7.50. The van der Waals surface area contributed by atoms with Crippen molar-refractivity contribution in [2.45, 2.75) is 13.8 Å². The average molecular weight is 327 g/mol. The van der Waals surface area contributed by atoms with E-state index in [4.69, 9.17) is 21.1 Å². The Labute approximate surface area is 139 Å². The lowest BCUT2D eigenvalue weighted by Crippen LogP contribution is -1.95. The van der Waals surface area contributed by atoms with Gasteiger partial charge in [0.25, 0.3) is 0 Å². The first-order chi connectivity index (χ1) is 11.1. The number of ether oxygens (including phenoxy) is 2. The second kappa shape index (κ2) is 6.67. The summed E-state index contributed by atoms with van der Waals surface area (Å²) in [4.78, 5) is 8.29. The third-order valence-corrected chi connectivity index (χ3v) is 3.32. The number of rotatable bonds is 4. The van der Waals surface area contributed by atoms with Gasteiger partial charge in [-0.2, -0.15) is 9.97 Å². The normalized spacial score (nSPS) is 10.4. The molecular formula is C18H15ClN2O2. The van der Waals surface area contributed by atoms with Crippen molar-refractivity contribution >= 4 is 11.6 Å². The Kier molecular flexibility index (Phi) is 4.44. The fourth-order valence-corrected chi connectivity index (χ4v) is 2.08. The average Bonchev–Trinajstić information content (AvgIpc) is 2.51. The number of hydrogen-bond acceptors (Lipinski definition) is 4. The summed E-state index contributed by atoms with van der Waals surface area (Å²) in [5.74, 6) is 1.64. The molecule has 1 aromatic heterocycles. The van der Waals surface area contributed by atoms with Gasteiger partial charge in [0.2, 0.25) is 5.88 Å². The van der Waals surface area contributed by atoms with Crippen molar-refractivity contribution < 1.29 is 9.47 Å². The first kappa shape index (κ1) is 15.3. The van der Waals surface area contributed by atoms with Crippen LogP contribution in [0.4, 0.5) is 0 Å². The highest BCUT2D eigenvalue weighted by molar-refractivity contribution is 6.29. The van der Waals surface area contributed by atoms with Gasteiger partial charge in [-0.1, -0.05) is 47.0 Å². The number of aromatic nitrogens is 2. The molecule has 0 saturated heterocycles. The number of hydrogen-bond donors (Lipinski definition) is 0. The fraction of sp³-hybridized carbons (Fsp3) is 0.111. The van der Waals surface area contributed by atoms with E-state index in [2.05, 4.69) is 9.97 Å². The van der Waals surface area contributed by atoms with Crippen LogP contribution in [0.1, 0.15) is 11.1 Å². The molecule has 0 saturated carbocycles. The van der Waals surface area contributed by atoms with E-state index >= 15 is 0 Å². The Hall–Kier alpha value is -2.59. The Morgan fingerprint density at radius 3 is 1.83 bits per heavy atom. The van der Waals surface area contributed by atoms with E-state index in [-0.39, 0.29) is 11.2 Å². The largest absolute Gasteiger partial charge is 0.439 e. The number of nitrogens with zero attached hydrogens (tertiary/aromatic N) is 2. The van der Waals surface area contributed by atoms with E-state index in [9.17, 15) is 0 Å². The molecule has 0 aliphatic heterocycles. The highest BCUT2D eigenvalue weighted by Crippen LogP contribution is 2.26. The highest BCUT2D eigenvalue weighted by atomic mass is 35.5. The quantitative estimate of drug-likeness (QED) is 0.608. The predicted octanol–water partition coefficient (Wildman–Crippen LogP) is 5.33. The predicted molar refractivity (Wildman–Crippen MR) is 89.5 cm³/mol. The molecule has 116 valence electrons. The molecule has 4 nitrogen and oxygen atoms in total. The maximum Gasteiger partial charge on any atom is 0.326 e.